The van der Waals surface area contributed by atoms with E-state index in [1.54, 1.807) is 0 Å². The van der Waals surface area contributed by atoms with E-state index in [0.29, 0.717) is 0 Å². The van der Waals surface area contributed by atoms with Crippen molar-refractivity contribution < 1.29 is 57.1 Å². The van der Waals surface area contributed by atoms with Gasteiger partial charge in [-0.15, -0.1) is 0 Å². The standard InChI is InChI=1S/C5H6F2N2O4S.Na.H/c6-5(7)12-3-14(10,11)13-4-1-2-8-9-4;;/h1-2,5H,3H2,(H,8,9);;/q;+1;-1. The predicted molar refractivity (Wildman–Crippen MR) is 41.2 cm³/mol. The molecular weight excluding hydrogens is 245 g/mol. The molecule has 0 fully saturated rings. The molecule has 0 spiro atoms. The zero-order valence-electron chi connectivity index (χ0n) is 8.68. The number of rotatable bonds is 5. The van der Waals surface area contributed by atoms with Crippen LogP contribution in [-0.2, 0) is 14.9 Å². The molecule has 15 heavy (non-hydrogen) atoms. The van der Waals surface area contributed by atoms with Crippen LogP contribution in [0.2, 0.25) is 0 Å². The molecule has 1 heterocycles. The van der Waals surface area contributed by atoms with Gasteiger partial charge in [0, 0.05) is 6.07 Å². The molecule has 0 radical (unpaired) electrons. The summed E-state index contributed by atoms with van der Waals surface area (Å²) in [4.78, 5) is 0. The first-order valence-corrected chi connectivity index (χ1v) is 4.88. The molecule has 1 aromatic heterocycles. The Morgan fingerprint density at radius 2 is 2.27 bits per heavy atom. The van der Waals surface area contributed by atoms with E-state index in [4.69, 9.17) is 0 Å². The Morgan fingerprint density at radius 3 is 2.73 bits per heavy atom. The van der Waals surface area contributed by atoms with Crippen molar-refractivity contribution in [2.45, 2.75) is 6.61 Å². The van der Waals surface area contributed by atoms with Crippen LogP contribution >= 0.6 is 0 Å². The number of halogens is 2. The molecule has 0 unspecified atom stereocenters. The first kappa shape index (κ1) is 14.8. The summed E-state index contributed by atoms with van der Waals surface area (Å²) in [6.45, 7) is -3.16. The quantitative estimate of drug-likeness (QED) is 0.460. The van der Waals surface area contributed by atoms with Crippen LogP contribution in [-0.4, -0.2) is 31.2 Å². The fourth-order valence-electron chi connectivity index (χ4n) is 0.585. The minimum atomic E-state index is -4.17. The predicted octanol–water partition coefficient (Wildman–Crippen LogP) is -2.57. The molecule has 0 aliphatic heterocycles. The van der Waals surface area contributed by atoms with E-state index in [1.807, 2.05) is 0 Å². The van der Waals surface area contributed by atoms with Crippen LogP contribution in [0.25, 0.3) is 0 Å². The summed E-state index contributed by atoms with van der Waals surface area (Å²) in [6, 6.07) is 1.22. The first-order valence-electron chi connectivity index (χ1n) is 3.31. The molecule has 6 nitrogen and oxygen atoms in total. The van der Waals surface area contributed by atoms with Crippen LogP contribution in [0.1, 0.15) is 1.43 Å². The van der Waals surface area contributed by atoms with Crippen LogP contribution in [0, 0.1) is 0 Å². The summed E-state index contributed by atoms with van der Waals surface area (Å²) in [7, 11) is -4.17. The summed E-state index contributed by atoms with van der Waals surface area (Å²) >= 11 is 0. The van der Waals surface area contributed by atoms with E-state index in [-0.39, 0.29) is 36.9 Å². The van der Waals surface area contributed by atoms with Gasteiger partial charge in [0.05, 0.1) is 6.20 Å². The molecule has 0 aromatic carbocycles. The van der Waals surface area contributed by atoms with Gasteiger partial charge in [-0.25, -0.2) is 5.10 Å². The van der Waals surface area contributed by atoms with Crippen LogP contribution < -0.4 is 33.7 Å². The molecule has 1 rings (SSSR count). The van der Waals surface area contributed by atoms with Crippen molar-refractivity contribution in [3.05, 3.63) is 12.3 Å². The molecule has 0 bridgehead atoms. The summed E-state index contributed by atoms with van der Waals surface area (Å²) in [5, 5.41) is 5.58. The number of nitrogens with zero attached hydrogens (tertiary/aromatic N) is 1. The fraction of sp³-hybridized carbons (Fsp3) is 0.400. The number of aromatic amines is 1. The Hall–Kier alpha value is -0.220. The van der Waals surface area contributed by atoms with Crippen LogP contribution in [0.15, 0.2) is 12.3 Å². The maximum absolute atomic E-state index is 11.5. The molecule has 82 valence electrons. The van der Waals surface area contributed by atoms with E-state index >= 15 is 0 Å². The number of alkyl halides is 2. The van der Waals surface area contributed by atoms with Crippen molar-refractivity contribution in [1.82, 2.24) is 10.2 Å². The van der Waals surface area contributed by atoms with Crippen LogP contribution in [0.4, 0.5) is 8.78 Å². The molecule has 0 atom stereocenters. The summed E-state index contributed by atoms with van der Waals surface area (Å²) in [5.74, 6) is -1.38. The molecule has 0 amide bonds. The Bertz CT molecular complexity index is 374. The van der Waals surface area contributed by atoms with Crippen molar-refractivity contribution in [3.63, 3.8) is 0 Å². The fourth-order valence-corrected chi connectivity index (χ4v) is 1.27. The minimum Gasteiger partial charge on any atom is -1.00 e. The van der Waals surface area contributed by atoms with E-state index in [2.05, 4.69) is 19.1 Å². The van der Waals surface area contributed by atoms with Crippen molar-refractivity contribution in [2.24, 2.45) is 0 Å². The molecule has 0 saturated carbocycles. The van der Waals surface area contributed by atoms with Gasteiger partial charge >= 0.3 is 46.3 Å². The number of ether oxygens (including phenoxy) is 1. The second kappa shape index (κ2) is 6.38. The molecule has 0 aliphatic rings. The maximum atomic E-state index is 11.5. The SMILES string of the molecule is O=S(=O)(COC(F)F)Oc1ccn[nH]1.[H-].[Na+]. The third kappa shape index (κ3) is 6.05. The molecular formula is C5H7F2N2NaO4S. The van der Waals surface area contributed by atoms with Crippen molar-refractivity contribution in [1.29, 1.82) is 0 Å². The average molecular weight is 252 g/mol. The summed E-state index contributed by atoms with van der Waals surface area (Å²) in [6.07, 6.45) is 1.25. The van der Waals surface area contributed by atoms with E-state index in [0.717, 1.165) is 0 Å². The largest absolute Gasteiger partial charge is 1.00 e. The Balaban J connectivity index is 0. The Kier molecular flexibility index (Phi) is 6.29. The van der Waals surface area contributed by atoms with Gasteiger partial charge in [-0.1, -0.05) is 0 Å². The van der Waals surface area contributed by atoms with Gasteiger partial charge in [-0.3, -0.25) is 0 Å². The van der Waals surface area contributed by atoms with Gasteiger partial charge in [-0.05, 0) is 0 Å². The van der Waals surface area contributed by atoms with Gasteiger partial charge < -0.3 is 10.3 Å². The summed E-state index contributed by atoms with van der Waals surface area (Å²) < 4.78 is 52.6. The van der Waals surface area contributed by atoms with Crippen molar-refractivity contribution in [3.8, 4) is 5.88 Å². The molecule has 1 N–H and O–H groups in total. The number of nitrogens with one attached hydrogen (secondary N) is 1. The monoisotopic (exact) mass is 252 g/mol. The molecule has 0 saturated heterocycles. The zero-order chi connectivity index (χ0) is 10.6. The Morgan fingerprint density at radius 1 is 1.60 bits per heavy atom. The van der Waals surface area contributed by atoms with Gasteiger partial charge in [0.25, 0.3) is 0 Å². The van der Waals surface area contributed by atoms with Crippen molar-refractivity contribution in [2.75, 3.05) is 5.94 Å². The van der Waals surface area contributed by atoms with Crippen LogP contribution in [0.5, 0.6) is 5.88 Å². The van der Waals surface area contributed by atoms with E-state index in [1.165, 1.54) is 12.3 Å². The molecule has 0 aliphatic carbocycles. The second-order valence-electron chi connectivity index (χ2n) is 2.11. The molecule has 1 aromatic rings. The van der Waals surface area contributed by atoms with Gasteiger partial charge in [0.2, 0.25) is 5.88 Å². The Labute approximate surface area is 108 Å². The normalized spacial score (nSPS) is 11.1. The van der Waals surface area contributed by atoms with Crippen LogP contribution in [0.3, 0.4) is 0 Å². The van der Waals surface area contributed by atoms with Gasteiger partial charge in [0.1, 0.15) is 0 Å². The second-order valence-corrected chi connectivity index (χ2v) is 3.62. The first-order chi connectivity index (χ1) is 6.49. The number of hydrogen-bond donors (Lipinski definition) is 1. The van der Waals surface area contributed by atoms with Gasteiger partial charge in [0.15, 0.2) is 5.94 Å². The van der Waals surface area contributed by atoms with Gasteiger partial charge in [-0.2, -0.15) is 22.3 Å². The number of aromatic nitrogens is 2. The number of H-pyrrole nitrogens is 1. The molecule has 10 heteroatoms. The third-order valence-electron chi connectivity index (χ3n) is 1.03. The third-order valence-corrected chi connectivity index (χ3v) is 1.89. The maximum Gasteiger partial charge on any atom is 1.00 e. The average Bonchev–Trinajstić information content (AvgIpc) is 2.53. The van der Waals surface area contributed by atoms with Crippen molar-refractivity contribution >= 4 is 10.1 Å². The van der Waals surface area contributed by atoms with E-state index < -0.39 is 22.7 Å². The number of hydrogen-bond acceptors (Lipinski definition) is 5. The minimum absolute atomic E-state index is 0. The van der Waals surface area contributed by atoms with E-state index in [9.17, 15) is 17.2 Å². The summed E-state index contributed by atoms with van der Waals surface area (Å²) in [5.41, 5.74) is 0. The smallest absolute Gasteiger partial charge is 1.00 e. The topological polar surface area (TPSA) is 81.3 Å². The zero-order valence-corrected chi connectivity index (χ0v) is 10.5.